The zero-order valence-corrected chi connectivity index (χ0v) is 18.9. The van der Waals surface area contributed by atoms with Crippen LogP contribution in [-0.4, -0.2) is 50.6 Å². The van der Waals surface area contributed by atoms with Crippen molar-refractivity contribution in [1.29, 1.82) is 0 Å². The number of anilines is 1. The highest BCUT2D eigenvalue weighted by molar-refractivity contribution is 5.81. The quantitative estimate of drug-likeness (QED) is 0.661. The maximum atomic E-state index is 12.3. The Kier molecular flexibility index (Phi) is 7.69. The number of nitrogens with one attached hydrogen (secondary N) is 1. The van der Waals surface area contributed by atoms with Crippen molar-refractivity contribution in [3.8, 4) is 0 Å². The Morgan fingerprint density at radius 1 is 1.06 bits per heavy atom. The zero-order chi connectivity index (χ0) is 22.4. The van der Waals surface area contributed by atoms with E-state index in [0.717, 1.165) is 30.8 Å². The van der Waals surface area contributed by atoms with E-state index in [4.69, 9.17) is 4.74 Å². The SMILES string of the molecule is CC(C)C(=O)OCC(=O)NC[C@@H](c1ccc(N(C)C)cc1)N1CCc2ccccc2C1. The van der Waals surface area contributed by atoms with Crippen molar-refractivity contribution in [3.63, 3.8) is 0 Å². The van der Waals surface area contributed by atoms with Crippen LogP contribution in [-0.2, 0) is 27.3 Å². The molecule has 0 unspecified atom stereocenters. The summed E-state index contributed by atoms with van der Waals surface area (Å²) in [6, 6.07) is 17.0. The number of rotatable bonds is 8. The van der Waals surface area contributed by atoms with Crippen LogP contribution in [0.1, 0.15) is 36.6 Å². The van der Waals surface area contributed by atoms with Gasteiger partial charge in [0.05, 0.1) is 12.0 Å². The van der Waals surface area contributed by atoms with Crippen LogP contribution in [0, 0.1) is 5.92 Å². The fraction of sp³-hybridized carbons (Fsp3) is 0.440. The molecular formula is C25H33N3O3. The first-order valence-electron chi connectivity index (χ1n) is 10.9. The molecule has 0 aliphatic carbocycles. The van der Waals surface area contributed by atoms with Gasteiger partial charge in [-0.05, 0) is 35.2 Å². The highest BCUT2D eigenvalue weighted by atomic mass is 16.5. The number of carbonyl (C=O) groups excluding carboxylic acids is 2. The number of esters is 1. The fourth-order valence-corrected chi connectivity index (χ4v) is 3.80. The lowest BCUT2D eigenvalue weighted by molar-refractivity contribution is -0.151. The summed E-state index contributed by atoms with van der Waals surface area (Å²) in [6.45, 7) is 5.49. The molecule has 0 fully saturated rings. The van der Waals surface area contributed by atoms with Gasteiger partial charge in [0, 0.05) is 39.4 Å². The lowest BCUT2D eigenvalue weighted by Gasteiger charge is -2.36. The predicted molar refractivity (Wildman–Crippen MR) is 123 cm³/mol. The van der Waals surface area contributed by atoms with Crippen LogP contribution in [0.15, 0.2) is 48.5 Å². The number of ether oxygens (including phenoxy) is 1. The normalized spacial score (nSPS) is 14.6. The minimum Gasteiger partial charge on any atom is -0.455 e. The van der Waals surface area contributed by atoms with E-state index in [1.165, 1.54) is 11.1 Å². The summed E-state index contributed by atoms with van der Waals surface area (Å²) < 4.78 is 5.07. The topological polar surface area (TPSA) is 61.9 Å². The van der Waals surface area contributed by atoms with Crippen molar-refractivity contribution in [1.82, 2.24) is 10.2 Å². The van der Waals surface area contributed by atoms with Crippen LogP contribution < -0.4 is 10.2 Å². The average Bonchev–Trinajstić information content (AvgIpc) is 2.77. The Balaban J connectivity index is 1.72. The number of hydrogen-bond acceptors (Lipinski definition) is 5. The minimum atomic E-state index is -0.362. The van der Waals surface area contributed by atoms with Gasteiger partial charge in [0.2, 0.25) is 0 Å². The molecule has 0 saturated heterocycles. The molecule has 1 aliphatic heterocycles. The van der Waals surface area contributed by atoms with Crippen LogP contribution in [0.3, 0.4) is 0 Å². The predicted octanol–water partition coefficient (Wildman–Crippen LogP) is 3.17. The second-order valence-corrected chi connectivity index (χ2v) is 8.56. The third-order valence-corrected chi connectivity index (χ3v) is 5.70. The van der Waals surface area contributed by atoms with E-state index in [9.17, 15) is 9.59 Å². The van der Waals surface area contributed by atoms with Crippen LogP contribution >= 0.6 is 0 Å². The second kappa shape index (κ2) is 10.4. The molecule has 1 atom stereocenters. The number of fused-ring (bicyclic) bond motifs is 1. The molecule has 1 amide bonds. The summed E-state index contributed by atoms with van der Waals surface area (Å²) in [7, 11) is 4.04. The molecule has 1 heterocycles. The van der Waals surface area contributed by atoms with Gasteiger partial charge in [-0.15, -0.1) is 0 Å². The van der Waals surface area contributed by atoms with Gasteiger partial charge in [-0.3, -0.25) is 14.5 Å². The molecule has 6 nitrogen and oxygen atoms in total. The van der Waals surface area contributed by atoms with Gasteiger partial charge in [-0.1, -0.05) is 50.2 Å². The molecule has 0 bridgehead atoms. The first-order chi connectivity index (χ1) is 14.8. The van der Waals surface area contributed by atoms with E-state index >= 15 is 0 Å². The second-order valence-electron chi connectivity index (χ2n) is 8.56. The number of benzene rings is 2. The van der Waals surface area contributed by atoms with Crippen LogP contribution in [0.25, 0.3) is 0 Å². The number of amides is 1. The van der Waals surface area contributed by atoms with Crippen LogP contribution in [0.5, 0.6) is 0 Å². The Morgan fingerprint density at radius 2 is 1.74 bits per heavy atom. The molecule has 2 aromatic carbocycles. The molecule has 0 saturated carbocycles. The summed E-state index contributed by atoms with van der Waals surface area (Å²) in [4.78, 5) is 28.4. The van der Waals surface area contributed by atoms with E-state index in [0.29, 0.717) is 6.54 Å². The minimum absolute atomic E-state index is 0.0364. The summed E-state index contributed by atoms with van der Waals surface area (Å²) in [5, 5.41) is 2.97. The van der Waals surface area contributed by atoms with Crippen molar-refractivity contribution in [2.75, 3.05) is 38.7 Å². The maximum absolute atomic E-state index is 12.3. The third-order valence-electron chi connectivity index (χ3n) is 5.70. The van der Waals surface area contributed by atoms with Gasteiger partial charge in [0.1, 0.15) is 0 Å². The molecule has 0 spiro atoms. The maximum Gasteiger partial charge on any atom is 0.308 e. The molecule has 3 rings (SSSR count). The monoisotopic (exact) mass is 423 g/mol. The highest BCUT2D eigenvalue weighted by Crippen LogP contribution is 2.28. The zero-order valence-electron chi connectivity index (χ0n) is 18.9. The van der Waals surface area contributed by atoms with Gasteiger partial charge in [-0.2, -0.15) is 0 Å². The van der Waals surface area contributed by atoms with Gasteiger partial charge < -0.3 is 15.0 Å². The summed E-state index contributed by atoms with van der Waals surface area (Å²) in [6.07, 6.45) is 0.988. The average molecular weight is 424 g/mol. The standard InChI is InChI=1S/C25H33N3O3/c1-18(2)25(30)31-17-24(29)26-15-23(20-9-11-22(12-10-20)27(3)4)28-14-13-19-7-5-6-8-21(19)16-28/h5-12,18,23H,13-17H2,1-4H3,(H,26,29)/t23-/m0/s1. The van der Waals surface area contributed by atoms with Crippen molar-refractivity contribution >= 4 is 17.6 Å². The molecule has 2 aromatic rings. The van der Waals surface area contributed by atoms with Crippen molar-refractivity contribution in [3.05, 3.63) is 65.2 Å². The molecule has 1 N–H and O–H groups in total. The van der Waals surface area contributed by atoms with Crippen molar-refractivity contribution < 1.29 is 14.3 Å². The van der Waals surface area contributed by atoms with E-state index in [1.807, 2.05) is 14.1 Å². The summed E-state index contributed by atoms with van der Waals surface area (Å²) in [5.74, 6) is -0.885. The summed E-state index contributed by atoms with van der Waals surface area (Å²) >= 11 is 0. The van der Waals surface area contributed by atoms with E-state index < -0.39 is 0 Å². The van der Waals surface area contributed by atoms with Crippen molar-refractivity contribution in [2.24, 2.45) is 5.92 Å². The van der Waals surface area contributed by atoms with E-state index in [-0.39, 0.29) is 30.4 Å². The molecule has 166 valence electrons. The van der Waals surface area contributed by atoms with Gasteiger partial charge in [0.15, 0.2) is 6.61 Å². The molecule has 6 heteroatoms. The van der Waals surface area contributed by atoms with Gasteiger partial charge in [0.25, 0.3) is 5.91 Å². The lowest BCUT2D eigenvalue weighted by atomic mass is 9.96. The number of nitrogens with zero attached hydrogens (tertiary/aromatic N) is 2. The molecule has 1 aliphatic rings. The Hall–Kier alpha value is -2.86. The number of carbonyl (C=O) groups is 2. The molecule has 31 heavy (non-hydrogen) atoms. The first kappa shape index (κ1) is 22.8. The Bertz CT molecular complexity index is 893. The fourth-order valence-electron chi connectivity index (χ4n) is 3.80. The largest absolute Gasteiger partial charge is 0.455 e. The molecule has 0 radical (unpaired) electrons. The number of hydrogen-bond donors (Lipinski definition) is 1. The Morgan fingerprint density at radius 3 is 2.39 bits per heavy atom. The van der Waals surface area contributed by atoms with Crippen molar-refractivity contribution in [2.45, 2.75) is 32.9 Å². The van der Waals surface area contributed by atoms with Gasteiger partial charge >= 0.3 is 5.97 Å². The highest BCUT2D eigenvalue weighted by Gasteiger charge is 2.25. The first-order valence-corrected chi connectivity index (χ1v) is 10.9. The van der Waals surface area contributed by atoms with Gasteiger partial charge in [-0.25, -0.2) is 0 Å². The van der Waals surface area contributed by atoms with E-state index in [1.54, 1.807) is 13.8 Å². The Labute approximate surface area is 185 Å². The molecular weight excluding hydrogens is 390 g/mol. The van der Waals surface area contributed by atoms with Crippen LogP contribution in [0.4, 0.5) is 5.69 Å². The molecule has 0 aromatic heterocycles. The smallest absolute Gasteiger partial charge is 0.308 e. The van der Waals surface area contributed by atoms with E-state index in [2.05, 4.69) is 63.6 Å². The third kappa shape index (κ3) is 6.07. The lowest BCUT2D eigenvalue weighted by Crippen LogP contribution is -2.41. The van der Waals surface area contributed by atoms with Crippen LogP contribution in [0.2, 0.25) is 0 Å². The summed E-state index contributed by atoms with van der Waals surface area (Å²) in [5.41, 5.74) is 5.02.